The Bertz CT molecular complexity index is 802. The Balaban J connectivity index is 1.49. The summed E-state index contributed by atoms with van der Waals surface area (Å²) in [5.41, 5.74) is 1.80. The maximum atomic E-state index is 12.7. The number of hydrogen-bond acceptors (Lipinski definition) is 4. The molecule has 2 heterocycles. The fraction of sp³-hybridized carbons (Fsp3) is 0.409. The van der Waals surface area contributed by atoms with Crippen LogP contribution >= 0.6 is 0 Å². The fourth-order valence-electron chi connectivity index (χ4n) is 3.54. The Labute approximate surface area is 166 Å². The molecule has 1 aromatic carbocycles. The number of hydrogen-bond donors (Lipinski definition) is 0. The molecule has 0 saturated carbocycles. The number of carbonyl (C=O) groups excluding carboxylic acids is 2. The Kier molecular flexibility index (Phi) is 6.63. The number of pyridine rings is 1. The van der Waals surface area contributed by atoms with E-state index in [0.29, 0.717) is 43.8 Å². The third kappa shape index (κ3) is 4.88. The average Bonchev–Trinajstić information content (AvgIpc) is 2.77. The smallest absolute Gasteiger partial charge is 0.253 e. The third-order valence-corrected chi connectivity index (χ3v) is 5.31. The van der Waals surface area contributed by atoms with Gasteiger partial charge in [0.1, 0.15) is 5.75 Å². The first-order chi connectivity index (χ1) is 13.6. The fourth-order valence-corrected chi connectivity index (χ4v) is 3.54. The lowest BCUT2D eigenvalue weighted by Crippen LogP contribution is -2.43. The number of benzene rings is 1. The first kappa shape index (κ1) is 19.9. The van der Waals surface area contributed by atoms with E-state index in [4.69, 9.17) is 4.74 Å². The molecule has 0 unspecified atom stereocenters. The quantitative estimate of drug-likeness (QED) is 0.772. The van der Waals surface area contributed by atoms with Crippen LogP contribution in [0.15, 0.2) is 48.8 Å². The first-order valence-electron chi connectivity index (χ1n) is 9.65. The van der Waals surface area contributed by atoms with E-state index >= 15 is 0 Å². The summed E-state index contributed by atoms with van der Waals surface area (Å²) in [7, 11) is 3.45. The van der Waals surface area contributed by atoms with E-state index in [9.17, 15) is 9.59 Å². The average molecular weight is 381 g/mol. The van der Waals surface area contributed by atoms with E-state index < -0.39 is 0 Å². The SMILES string of the molecule is COc1cccc(C(=O)N2CCC(C(=O)N(C)CCc3ccncc3)CC2)c1. The van der Waals surface area contributed by atoms with Crippen molar-refractivity contribution in [3.05, 3.63) is 59.9 Å². The third-order valence-electron chi connectivity index (χ3n) is 5.31. The Morgan fingerprint density at radius 3 is 2.57 bits per heavy atom. The van der Waals surface area contributed by atoms with Crippen molar-refractivity contribution in [1.82, 2.24) is 14.8 Å². The van der Waals surface area contributed by atoms with E-state index in [1.807, 2.05) is 41.1 Å². The Hall–Kier alpha value is -2.89. The topological polar surface area (TPSA) is 62.7 Å². The van der Waals surface area contributed by atoms with Gasteiger partial charge in [-0.15, -0.1) is 0 Å². The maximum absolute atomic E-state index is 12.7. The zero-order valence-corrected chi connectivity index (χ0v) is 16.5. The first-order valence-corrected chi connectivity index (χ1v) is 9.65. The van der Waals surface area contributed by atoms with Crippen LogP contribution in [0.25, 0.3) is 0 Å². The van der Waals surface area contributed by atoms with Crippen molar-refractivity contribution in [2.24, 2.45) is 5.92 Å². The molecule has 2 amide bonds. The molecular weight excluding hydrogens is 354 g/mol. The van der Waals surface area contributed by atoms with Crippen LogP contribution in [0.3, 0.4) is 0 Å². The number of likely N-dealkylation sites (N-methyl/N-ethyl adjacent to an activating group) is 1. The predicted molar refractivity (Wildman–Crippen MR) is 107 cm³/mol. The molecular formula is C22H27N3O3. The van der Waals surface area contributed by atoms with Crippen molar-refractivity contribution < 1.29 is 14.3 Å². The lowest BCUT2D eigenvalue weighted by molar-refractivity contribution is -0.135. The summed E-state index contributed by atoms with van der Waals surface area (Å²) in [6, 6.07) is 11.1. The highest BCUT2D eigenvalue weighted by Crippen LogP contribution is 2.22. The second-order valence-electron chi connectivity index (χ2n) is 7.16. The molecule has 1 aliphatic heterocycles. The molecule has 148 valence electrons. The molecule has 2 aromatic rings. The van der Waals surface area contributed by atoms with Gasteiger partial charge in [0.15, 0.2) is 0 Å². The van der Waals surface area contributed by atoms with Crippen LogP contribution in [-0.2, 0) is 11.2 Å². The van der Waals surface area contributed by atoms with Gasteiger partial charge >= 0.3 is 0 Å². The summed E-state index contributed by atoms with van der Waals surface area (Å²) in [6.45, 7) is 1.89. The molecule has 1 fully saturated rings. The van der Waals surface area contributed by atoms with Gasteiger partial charge < -0.3 is 14.5 Å². The number of likely N-dealkylation sites (tertiary alicyclic amines) is 1. The molecule has 28 heavy (non-hydrogen) atoms. The van der Waals surface area contributed by atoms with Gasteiger partial charge in [-0.05, 0) is 55.2 Å². The molecule has 0 radical (unpaired) electrons. The second-order valence-corrected chi connectivity index (χ2v) is 7.16. The van der Waals surface area contributed by atoms with Crippen LogP contribution in [0.4, 0.5) is 0 Å². The van der Waals surface area contributed by atoms with Crippen molar-refractivity contribution in [2.75, 3.05) is 33.8 Å². The van der Waals surface area contributed by atoms with Crippen LogP contribution in [0.2, 0.25) is 0 Å². The number of aromatic nitrogens is 1. The van der Waals surface area contributed by atoms with Gasteiger partial charge in [0.2, 0.25) is 5.91 Å². The number of methoxy groups -OCH3 is 1. The van der Waals surface area contributed by atoms with Crippen molar-refractivity contribution in [2.45, 2.75) is 19.3 Å². The van der Waals surface area contributed by atoms with Crippen LogP contribution in [0, 0.1) is 5.92 Å². The number of rotatable bonds is 6. The van der Waals surface area contributed by atoms with Gasteiger partial charge in [-0.2, -0.15) is 0 Å². The van der Waals surface area contributed by atoms with Crippen molar-refractivity contribution in [3.63, 3.8) is 0 Å². The number of carbonyl (C=O) groups is 2. The highest BCUT2D eigenvalue weighted by atomic mass is 16.5. The van der Waals surface area contributed by atoms with Gasteiger partial charge in [-0.1, -0.05) is 6.07 Å². The van der Waals surface area contributed by atoms with E-state index in [1.165, 1.54) is 5.56 Å². The maximum Gasteiger partial charge on any atom is 0.253 e. The van der Waals surface area contributed by atoms with Crippen LogP contribution in [0.5, 0.6) is 5.75 Å². The number of amides is 2. The predicted octanol–water partition coefficient (Wildman–Crippen LogP) is 2.64. The molecule has 6 heteroatoms. The van der Waals surface area contributed by atoms with Crippen LogP contribution in [-0.4, -0.2) is 60.4 Å². The van der Waals surface area contributed by atoms with Crippen molar-refractivity contribution in [3.8, 4) is 5.75 Å². The summed E-state index contributed by atoms with van der Waals surface area (Å²) in [5, 5.41) is 0. The summed E-state index contributed by atoms with van der Waals surface area (Å²) in [5.74, 6) is 0.821. The molecule has 0 atom stereocenters. The standard InChI is InChI=1S/C22H27N3O3/c1-24(13-8-17-6-11-23-12-7-17)21(26)18-9-14-25(15-10-18)22(27)19-4-3-5-20(16-19)28-2/h3-7,11-12,16,18H,8-10,13-15H2,1-2H3. The van der Waals surface area contributed by atoms with Gasteiger partial charge in [-0.3, -0.25) is 14.6 Å². The summed E-state index contributed by atoms with van der Waals surface area (Å²) in [6.07, 6.45) is 5.76. The molecule has 0 spiro atoms. The zero-order valence-electron chi connectivity index (χ0n) is 16.5. The molecule has 0 N–H and O–H groups in total. The van der Waals surface area contributed by atoms with Gasteiger partial charge in [-0.25, -0.2) is 0 Å². The molecule has 0 aliphatic carbocycles. The van der Waals surface area contributed by atoms with Gasteiger partial charge in [0.25, 0.3) is 5.91 Å². The highest BCUT2D eigenvalue weighted by molar-refractivity contribution is 5.94. The number of nitrogens with zero attached hydrogens (tertiary/aromatic N) is 3. The number of piperidine rings is 1. The van der Waals surface area contributed by atoms with Gasteiger partial charge in [0, 0.05) is 50.6 Å². The van der Waals surface area contributed by atoms with Crippen LogP contribution in [0.1, 0.15) is 28.8 Å². The van der Waals surface area contributed by atoms with Crippen molar-refractivity contribution >= 4 is 11.8 Å². The highest BCUT2D eigenvalue weighted by Gasteiger charge is 2.29. The summed E-state index contributed by atoms with van der Waals surface area (Å²) < 4.78 is 5.20. The largest absolute Gasteiger partial charge is 0.497 e. The van der Waals surface area contributed by atoms with E-state index in [-0.39, 0.29) is 17.7 Å². The minimum Gasteiger partial charge on any atom is -0.497 e. The van der Waals surface area contributed by atoms with Crippen LogP contribution < -0.4 is 4.74 Å². The second kappa shape index (κ2) is 9.35. The molecule has 1 saturated heterocycles. The molecule has 3 rings (SSSR count). The minimum atomic E-state index is -0.0169. The monoisotopic (exact) mass is 381 g/mol. The van der Waals surface area contributed by atoms with E-state index in [0.717, 1.165) is 6.42 Å². The normalized spacial score (nSPS) is 14.6. The van der Waals surface area contributed by atoms with Gasteiger partial charge in [0.05, 0.1) is 7.11 Å². The zero-order chi connectivity index (χ0) is 19.9. The summed E-state index contributed by atoms with van der Waals surface area (Å²) in [4.78, 5) is 33.1. The molecule has 6 nitrogen and oxygen atoms in total. The van der Waals surface area contributed by atoms with E-state index in [1.54, 1.807) is 31.6 Å². The number of ether oxygens (including phenoxy) is 1. The molecule has 0 bridgehead atoms. The van der Waals surface area contributed by atoms with Crippen molar-refractivity contribution in [1.29, 1.82) is 0 Å². The Morgan fingerprint density at radius 1 is 1.18 bits per heavy atom. The minimum absolute atomic E-state index is 0.00385. The Morgan fingerprint density at radius 2 is 1.89 bits per heavy atom. The summed E-state index contributed by atoms with van der Waals surface area (Å²) >= 11 is 0. The molecule has 1 aliphatic rings. The molecule has 1 aromatic heterocycles. The lowest BCUT2D eigenvalue weighted by Gasteiger charge is -2.33. The van der Waals surface area contributed by atoms with E-state index in [2.05, 4.69) is 4.98 Å². The lowest BCUT2D eigenvalue weighted by atomic mass is 9.94.